The Morgan fingerprint density at radius 2 is 1.90 bits per heavy atom. The first-order chi connectivity index (χ1) is 23.4. The molecule has 1 atom stereocenters. The molecular weight excluding hydrogens is 622 g/mol. The SMILES string of the molecule is CCN(C(=O)[C@@H]1CCN(CC(=O)N2CC=C(c3ccc(C(=N)OC(=O)NC)cc3)CC2)C1)c1ccc(N)c(C(N)=C(C=N)C=NC(C)C)c1. The molecule has 4 rings (SSSR count). The number of amides is 3. The van der Waals surface area contributed by atoms with Crippen LogP contribution in [0.2, 0.25) is 0 Å². The van der Waals surface area contributed by atoms with Crippen LogP contribution >= 0.6 is 0 Å². The van der Waals surface area contributed by atoms with Gasteiger partial charge in [-0.25, -0.2) is 4.79 Å². The second-order valence-electron chi connectivity index (χ2n) is 12.3. The maximum atomic E-state index is 13.8. The number of nitrogens with one attached hydrogen (secondary N) is 3. The number of nitrogens with two attached hydrogens (primary N) is 2. The molecule has 49 heavy (non-hydrogen) atoms. The average Bonchev–Trinajstić information content (AvgIpc) is 3.57. The van der Waals surface area contributed by atoms with Gasteiger partial charge in [0.25, 0.3) is 0 Å². The van der Waals surface area contributed by atoms with E-state index in [0.29, 0.717) is 79.3 Å². The Morgan fingerprint density at radius 1 is 1.16 bits per heavy atom. The van der Waals surface area contributed by atoms with E-state index >= 15 is 0 Å². The van der Waals surface area contributed by atoms with Gasteiger partial charge in [0.05, 0.1) is 18.2 Å². The zero-order valence-corrected chi connectivity index (χ0v) is 28.7. The van der Waals surface area contributed by atoms with Crippen LogP contribution in [0, 0.1) is 16.7 Å². The van der Waals surface area contributed by atoms with Crippen molar-refractivity contribution in [2.75, 3.05) is 56.9 Å². The predicted molar refractivity (Wildman–Crippen MR) is 195 cm³/mol. The number of hydrogen-bond donors (Lipinski definition) is 5. The largest absolute Gasteiger partial charge is 0.413 e. The lowest BCUT2D eigenvalue weighted by Crippen LogP contribution is -2.42. The number of hydrogen-bond acceptors (Lipinski definition) is 10. The summed E-state index contributed by atoms with van der Waals surface area (Å²) in [7, 11) is 1.43. The molecular formula is C36H47N9O4. The average molecular weight is 670 g/mol. The Kier molecular flexibility index (Phi) is 12.4. The van der Waals surface area contributed by atoms with E-state index in [-0.39, 0.29) is 36.2 Å². The molecule has 2 heterocycles. The molecule has 0 unspecified atom stereocenters. The van der Waals surface area contributed by atoms with E-state index in [1.165, 1.54) is 7.05 Å². The molecule has 2 aliphatic rings. The van der Waals surface area contributed by atoms with Gasteiger partial charge in [-0.05, 0) is 81.6 Å². The Hall–Kier alpha value is -5.30. The molecule has 1 saturated heterocycles. The molecule has 13 heteroatoms. The zero-order chi connectivity index (χ0) is 35.7. The van der Waals surface area contributed by atoms with Gasteiger partial charge in [-0.15, -0.1) is 0 Å². The maximum Gasteiger partial charge on any atom is 0.413 e. The molecule has 13 nitrogen and oxygen atoms in total. The van der Waals surface area contributed by atoms with E-state index < -0.39 is 6.09 Å². The summed E-state index contributed by atoms with van der Waals surface area (Å²) in [5.74, 6) is -0.473. The van der Waals surface area contributed by atoms with Gasteiger partial charge in [-0.3, -0.25) is 24.9 Å². The fourth-order valence-electron chi connectivity index (χ4n) is 5.87. The van der Waals surface area contributed by atoms with Gasteiger partial charge >= 0.3 is 6.09 Å². The Morgan fingerprint density at radius 3 is 2.51 bits per heavy atom. The first-order valence-electron chi connectivity index (χ1n) is 16.5. The molecule has 1 fully saturated rings. The highest BCUT2D eigenvalue weighted by atomic mass is 16.6. The first kappa shape index (κ1) is 36.5. The molecule has 3 amide bonds. The van der Waals surface area contributed by atoms with Gasteiger partial charge in [0, 0.05) is 79.8 Å². The Balaban J connectivity index is 1.35. The maximum absolute atomic E-state index is 13.8. The summed E-state index contributed by atoms with van der Waals surface area (Å²) >= 11 is 0. The summed E-state index contributed by atoms with van der Waals surface area (Å²) in [6.45, 7) is 8.71. The monoisotopic (exact) mass is 669 g/mol. The van der Waals surface area contributed by atoms with Crippen molar-refractivity contribution >= 4 is 58.9 Å². The smallest absolute Gasteiger partial charge is 0.398 e. The molecule has 0 radical (unpaired) electrons. The van der Waals surface area contributed by atoms with Crippen LogP contribution in [0.15, 0.2) is 59.1 Å². The molecule has 2 aromatic rings. The summed E-state index contributed by atoms with van der Waals surface area (Å²) in [5.41, 5.74) is 17.7. The minimum atomic E-state index is -0.692. The predicted octanol–water partition coefficient (Wildman–Crippen LogP) is 3.74. The van der Waals surface area contributed by atoms with Gasteiger partial charge in [0.1, 0.15) is 0 Å². The van der Waals surface area contributed by atoms with Crippen molar-refractivity contribution in [1.29, 1.82) is 10.8 Å². The lowest BCUT2D eigenvalue weighted by atomic mass is 9.98. The number of anilines is 2. The minimum absolute atomic E-state index is 0.0173. The number of likely N-dealkylation sites (tertiary alicyclic amines) is 1. The van der Waals surface area contributed by atoms with Crippen LogP contribution in [0.25, 0.3) is 11.3 Å². The first-order valence-corrected chi connectivity index (χ1v) is 16.5. The lowest BCUT2D eigenvalue weighted by molar-refractivity contribution is -0.132. The van der Waals surface area contributed by atoms with Crippen LogP contribution in [-0.4, -0.2) is 98.4 Å². The quantitative estimate of drug-likeness (QED) is 0.137. The lowest BCUT2D eigenvalue weighted by Gasteiger charge is -2.29. The summed E-state index contributed by atoms with van der Waals surface area (Å²) in [6.07, 6.45) is 5.41. The van der Waals surface area contributed by atoms with E-state index in [1.807, 2.05) is 48.8 Å². The summed E-state index contributed by atoms with van der Waals surface area (Å²) in [4.78, 5) is 48.3. The number of benzene rings is 2. The fraction of sp³-hybridized carbons (Fsp3) is 0.389. The molecule has 0 aromatic heterocycles. The molecule has 0 spiro atoms. The third-order valence-corrected chi connectivity index (χ3v) is 8.66. The number of nitrogens with zero attached hydrogens (tertiary/aromatic N) is 4. The number of alkyl carbamates (subject to hydrolysis) is 1. The second kappa shape index (κ2) is 16.7. The number of allylic oxidation sites excluding steroid dienone is 1. The third kappa shape index (κ3) is 9.20. The molecule has 0 saturated carbocycles. The van der Waals surface area contributed by atoms with Crippen molar-refractivity contribution in [3.05, 3.63) is 70.8 Å². The van der Waals surface area contributed by atoms with Crippen molar-refractivity contribution in [3.8, 4) is 0 Å². The number of carbonyl (C=O) groups is 3. The highest BCUT2D eigenvalue weighted by molar-refractivity contribution is 6.11. The van der Waals surface area contributed by atoms with Crippen molar-refractivity contribution < 1.29 is 19.1 Å². The topological polar surface area (TPSA) is 194 Å². The van der Waals surface area contributed by atoms with Gasteiger partial charge in [0.15, 0.2) is 0 Å². The van der Waals surface area contributed by atoms with Crippen LogP contribution < -0.4 is 21.7 Å². The molecule has 260 valence electrons. The van der Waals surface area contributed by atoms with Crippen LogP contribution in [-0.2, 0) is 14.3 Å². The molecule has 7 N–H and O–H groups in total. The Bertz CT molecular complexity index is 1660. The number of carbonyl (C=O) groups excluding carboxylic acids is 3. The van der Waals surface area contributed by atoms with Crippen LogP contribution in [0.5, 0.6) is 0 Å². The zero-order valence-electron chi connectivity index (χ0n) is 28.7. The molecule has 2 aromatic carbocycles. The van der Waals surface area contributed by atoms with Crippen LogP contribution in [0.1, 0.15) is 50.3 Å². The minimum Gasteiger partial charge on any atom is -0.398 e. The van der Waals surface area contributed by atoms with E-state index in [9.17, 15) is 14.4 Å². The van der Waals surface area contributed by atoms with Crippen LogP contribution in [0.3, 0.4) is 0 Å². The normalized spacial score (nSPS) is 17.0. The van der Waals surface area contributed by atoms with Crippen molar-refractivity contribution in [3.63, 3.8) is 0 Å². The van der Waals surface area contributed by atoms with Gasteiger partial charge < -0.3 is 36.7 Å². The van der Waals surface area contributed by atoms with Crippen molar-refractivity contribution in [2.45, 2.75) is 39.7 Å². The summed E-state index contributed by atoms with van der Waals surface area (Å²) in [5, 5.41) is 18.1. The van der Waals surface area contributed by atoms with Crippen molar-refractivity contribution in [2.24, 2.45) is 16.6 Å². The van der Waals surface area contributed by atoms with Crippen molar-refractivity contribution in [1.82, 2.24) is 15.1 Å². The van der Waals surface area contributed by atoms with E-state index in [4.69, 9.17) is 27.0 Å². The van der Waals surface area contributed by atoms with Crippen LogP contribution in [0.4, 0.5) is 16.2 Å². The summed E-state index contributed by atoms with van der Waals surface area (Å²) < 4.78 is 4.89. The number of ether oxygens (including phenoxy) is 1. The number of nitrogen functional groups attached to an aromatic ring is 1. The molecule has 0 aliphatic carbocycles. The number of aliphatic imine (C=N–C) groups is 1. The Labute approximate surface area is 287 Å². The van der Waals surface area contributed by atoms with Gasteiger partial charge in [0.2, 0.25) is 17.7 Å². The highest BCUT2D eigenvalue weighted by Crippen LogP contribution is 2.29. The second-order valence-corrected chi connectivity index (χ2v) is 12.3. The standard InChI is InChI=1S/C36H47N9O4/c1-5-45(29-10-11-31(38)30(18-29)33(39)28(19-37)20-42-23(2)3)35(47)27-12-15-43(21-27)22-32(46)44-16-13-25(14-17-44)24-6-8-26(9-7-24)34(40)49-36(48)41-4/h6-11,13,18-20,23,27,37,40H,5,12,14-17,21-22,38-39H2,1-4H3,(H,41,48)/t27-/m1/s1. The van der Waals surface area contributed by atoms with E-state index in [2.05, 4.69) is 10.3 Å². The number of rotatable bonds is 11. The highest BCUT2D eigenvalue weighted by Gasteiger charge is 2.33. The third-order valence-electron chi connectivity index (χ3n) is 8.66. The van der Waals surface area contributed by atoms with E-state index in [0.717, 1.165) is 17.4 Å². The van der Waals surface area contributed by atoms with Gasteiger partial charge in [-0.1, -0.05) is 18.2 Å². The molecule has 2 aliphatic heterocycles. The summed E-state index contributed by atoms with van der Waals surface area (Å²) in [6, 6.07) is 12.6. The van der Waals surface area contributed by atoms with Gasteiger partial charge in [-0.2, -0.15) is 0 Å². The van der Waals surface area contributed by atoms with E-state index in [1.54, 1.807) is 41.4 Å². The fourth-order valence-corrected chi connectivity index (χ4v) is 5.87. The molecule has 0 bridgehead atoms.